The summed E-state index contributed by atoms with van der Waals surface area (Å²) in [7, 11) is 0. The predicted molar refractivity (Wildman–Crippen MR) is 71.7 cm³/mol. The van der Waals surface area contributed by atoms with Gasteiger partial charge in [0, 0.05) is 5.92 Å². The second kappa shape index (κ2) is 4.12. The third-order valence-electron chi connectivity index (χ3n) is 5.31. The van der Waals surface area contributed by atoms with Gasteiger partial charge < -0.3 is 4.79 Å². The van der Waals surface area contributed by atoms with Crippen molar-refractivity contribution in [3.05, 3.63) is 24.3 Å². The van der Waals surface area contributed by atoms with Gasteiger partial charge in [0.25, 0.3) is 0 Å². The first-order valence-electron chi connectivity index (χ1n) is 6.73. The van der Waals surface area contributed by atoms with Crippen LogP contribution < -0.4 is 0 Å². The molecule has 0 unspecified atom stereocenters. The van der Waals surface area contributed by atoms with Crippen molar-refractivity contribution >= 4 is 6.29 Å². The highest BCUT2D eigenvalue weighted by Gasteiger charge is 2.52. The molecule has 1 saturated carbocycles. The van der Waals surface area contributed by atoms with Crippen molar-refractivity contribution in [1.82, 2.24) is 0 Å². The number of fused-ring (bicyclic) bond motifs is 1. The van der Waals surface area contributed by atoms with E-state index in [2.05, 4.69) is 33.4 Å². The van der Waals surface area contributed by atoms with Crippen LogP contribution in [0.4, 0.5) is 0 Å². The highest BCUT2D eigenvalue weighted by molar-refractivity contribution is 5.63. The summed E-state index contributed by atoms with van der Waals surface area (Å²) in [5, 5.41) is 0. The molecule has 0 aromatic carbocycles. The van der Waals surface area contributed by atoms with Gasteiger partial charge >= 0.3 is 0 Å². The van der Waals surface area contributed by atoms with Crippen LogP contribution in [0.25, 0.3) is 0 Å². The number of carbonyl (C=O) groups excluding carboxylic acids is 1. The zero-order chi connectivity index (χ0) is 12.7. The molecule has 2 rings (SSSR count). The molecular formula is C16H24O. The average molecular weight is 232 g/mol. The summed E-state index contributed by atoms with van der Waals surface area (Å²) in [4.78, 5) is 11.5. The number of hydrogen-bond donors (Lipinski definition) is 0. The molecule has 17 heavy (non-hydrogen) atoms. The standard InChI is InChI=1S/C16H24O/c1-5-12-7-8-14-15(2,3)9-6-10-16(14,4)13(12)11-17/h5,7,11,13-14H,1,6,8-10H2,2-4H3/t13-,14-,16+/m0/s1. The Kier molecular flexibility index (Phi) is 3.05. The van der Waals surface area contributed by atoms with Gasteiger partial charge in [0.05, 0.1) is 0 Å². The van der Waals surface area contributed by atoms with Gasteiger partial charge in [-0.15, -0.1) is 0 Å². The van der Waals surface area contributed by atoms with Crippen molar-refractivity contribution in [3.8, 4) is 0 Å². The van der Waals surface area contributed by atoms with Crippen molar-refractivity contribution in [2.24, 2.45) is 22.7 Å². The summed E-state index contributed by atoms with van der Waals surface area (Å²) in [6, 6.07) is 0. The Morgan fingerprint density at radius 3 is 2.65 bits per heavy atom. The molecule has 0 aliphatic heterocycles. The lowest BCUT2D eigenvalue weighted by Crippen LogP contribution is -2.49. The van der Waals surface area contributed by atoms with Gasteiger partial charge in [-0.3, -0.25) is 0 Å². The zero-order valence-corrected chi connectivity index (χ0v) is 11.3. The van der Waals surface area contributed by atoms with Gasteiger partial charge in [-0.05, 0) is 41.6 Å². The molecule has 2 aliphatic rings. The quantitative estimate of drug-likeness (QED) is 0.654. The lowest BCUT2D eigenvalue weighted by atomic mass is 9.49. The lowest BCUT2D eigenvalue weighted by Gasteiger charge is -2.55. The SMILES string of the molecule is C=CC1=CC[C@H]2C(C)(C)CCC[C@]2(C)[C@H]1C=O. The Balaban J connectivity index is 2.45. The highest BCUT2D eigenvalue weighted by Crippen LogP contribution is 2.59. The minimum Gasteiger partial charge on any atom is -0.303 e. The zero-order valence-electron chi connectivity index (χ0n) is 11.3. The molecule has 2 aliphatic carbocycles. The molecule has 1 heteroatoms. The van der Waals surface area contributed by atoms with E-state index >= 15 is 0 Å². The molecule has 0 aromatic heterocycles. The Morgan fingerprint density at radius 1 is 1.35 bits per heavy atom. The van der Waals surface area contributed by atoms with Crippen LogP contribution in [0.15, 0.2) is 24.3 Å². The van der Waals surface area contributed by atoms with Crippen molar-refractivity contribution in [2.45, 2.75) is 46.5 Å². The van der Waals surface area contributed by atoms with Crippen molar-refractivity contribution in [1.29, 1.82) is 0 Å². The van der Waals surface area contributed by atoms with E-state index in [4.69, 9.17) is 0 Å². The summed E-state index contributed by atoms with van der Waals surface area (Å²) in [6.07, 6.45) is 10.1. The van der Waals surface area contributed by atoms with E-state index in [1.54, 1.807) is 0 Å². The van der Waals surface area contributed by atoms with Crippen molar-refractivity contribution in [3.63, 3.8) is 0 Å². The molecule has 1 fully saturated rings. The molecule has 0 bridgehead atoms. The maximum Gasteiger partial charge on any atom is 0.127 e. The molecular weight excluding hydrogens is 208 g/mol. The summed E-state index contributed by atoms with van der Waals surface area (Å²) in [5.41, 5.74) is 1.65. The third kappa shape index (κ3) is 1.80. The molecule has 0 aromatic rings. The maximum atomic E-state index is 11.5. The van der Waals surface area contributed by atoms with Crippen LogP contribution in [-0.2, 0) is 4.79 Å². The van der Waals surface area contributed by atoms with Crippen LogP contribution in [-0.4, -0.2) is 6.29 Å². The number of allylic oxidation sites excluding steroid dienone is 3. The molecule has 0 saturated heterocycles. The molecule has 0 amide bonds. The van der Waals surface area contributed by atoms with Gasteiger partial charge in [0.15, 0.2) is 0 Å². The van der Waals surface area contributed by atoms with Crippen LogP contribution >= 0.6 is 0 Å². The van der Waals surface area contributed by atoms with Gasteiger partial charge in [-0.1, -0.05) is 45.9 Å². The van der Waals surface area contributed by atoms with E-state index in [0.717, 1.165) is 18.3 Å². The number of hydrogen-bond acceptors (Lipinski definition) is 1. The second-order valence-corrected chi connectivity index (χ2v) is 6.66. The van der Waals surface area contributed by atoms with E-state index in [0.29, 0.717) is 11.3 Å². The van der Waals surface area contributed by atoms with E-state index in [-0.39, 0.29) is 11.3 Å². The summed E-state index contributed by atoms with van der Waals surface area (Å²) in [6.45, 7) is 10.9. The van der Waals surface area contributed by atoms with Gasteiger partial charge in [-0.25, -0.2) is 0 Å². The fourth-order valence-electron chi connectivity index (χ4n) is 4.33. The Labute approximate surface area is 105 Å². The largest absolute Gasteiger partial charge is 0.303 e. The molecule has 3 atom stereocenters. The topological polar surface area (TPSA) is 17.1 Å². The second-order valence-electron chi connectivity index (χ2n) is 6.66. The first-order chi connectivity index (χ1) is 7.95. The normalized spacial score (nSPS) is 40.1. The Bertz CT molecular complexity index is 364. The van der Waals surface area contributed by atoms with Gasteiger partial charge in [0.2, 0.25) is 0 Å². The first-order valence-corrected chi connectivity index (χ1v) is 6.73. The smallest absolute Gasteiger partial charge is 0.127 e. The van der Waals surface area contributed by atoms with E-state index in [1.165, 1.54) is 19.3 Å². The van der Waals surface area contributed by atoms with E-state index in [9.17, 15) is 4.79 Å². The Morgan fingerprint density at radius 2 is 2.06 bits per heavy atom. The average Bonchev–Trinajstić information content (AvgIpc) is 2.26. The third-order valence-corrected chi connectivity index (χ3v) is 5.31. The molecule has 0 N–H and O–H groups in total. The monoisotopic (exact) mass is 232 g/mol. The maximum absolute atomic E-state index is 11.5. The lowest BCUT2D eigenvalue weighted by molar-refractivity contribution is -0.119. The Hall–Kier alpha value is -0.850. The molecule has 94 valence electrons. The molecule has 0 spiro atoms. The minimum absolute atomic E-state index is 0.0540. The van der Waals surface area contributed by atoms with Crippen LogP contribution in [0.2, 0.25) is 0 Å². The van der Waals surface area contributed by atoms with Gasteiger partial charge in [0.1, 0.15) is 6.29 Å². The summed E-state index contributed by atoms with van der Waals surface area (Å²) in [5.74, 6) is 0.681. The first kappa shape index (κ1) is 12.6. The number of rotatable bonds is 2. The fourth-order valence-corrected chi connectivity index (χ4v) is 4.33. The van der Waals surface area contributed by atoms with Crippen molar-refractivity contribution < 1.29 is 4.79 Å². The van der Waals surface area contributed by atoms with E-state index < -0.39 is 0 Å². The predicted octanol–water partition coefficient (Wildman–Crippen LogP) is 4.15. The minimum atomic E-state index is 0.0540. The molecule has 0 heterocycles. The van der Waals surface area contributed by atoms with Crippen LogP contribution in [0, 0.1) is 22.7 Å². The number of carbonyl (C=O) groups is 1. The van der Waals surface area contributed by atoms with Crippen molar-refractivity contribution in [2.75, 3.05) is 0 Å². The number of aldehydes is 1. The van der Waals surface area contributed by atoms with Crippen LogP contribution in [0.1, 0.15) is 46.5 Å². The van der Waals surface area contributed by atoms with E-state index in [1.807, 2.05) is 6.08 Å². The highest BCUT2D eigenvalue weighted by atomic mass is 16.1. The van der Waals surface area contributed by atoms with Gasteiger partial charge in [-0.2, -0.15) is 0 Å². The molecule has 0 radical (unpaired) electrons. The van der Waals surface area contributed by atoms with Crippen LogP contribution in [0.5, 0.6) is 0 Å². The summed E-state index contributed by atoms with van der Waals surface area (Å²) < 4.78 is 0. The summed E-state index contributed by atoms with van der Waals surface area (Å²) >= 11 is 0. The molecule has 1 nitrogen and oxygen atoms in total. The fraction of sp³-hybridized carbons (Fsp3) is 0.688. The van der Waals surface area contributed by atoms with Crippen LogP contribution in [0.3, 0.4) is 0 Å².